The van der Waals surface area contributed by atoms with Crippen LogP contribution in [0.2, 0.25) is 5.02 Å². The van der Waals surface area contributed by atoms with Gasteiger partial charge in [-0.1, -0.05) is 11.6 Å². The van der Waals surface area contributed by atoms with Crippen LogP contribution in [0, 0.1) is 0 Å². The number of nitrogens with one attached hydrogen (secondary N) is 1. The summed E-state index contributed by atoms with van der Waals surface area (Å²) in [5.74, 6) is -0.173. The van der Waals surface area contributed by atoms with Crippen molar-refractivity contribution in [2.75, 3.05) is 19.0 Å². The molecule has 0 fully saturated rings. The molecule has 0 bridgehead atoms. The third kappa shape index (κ3) is 4.70. The molecule has 4 heteroatoms. The second-order valence-electron chi connectivity index (χ2n) is 3.11. The number of anilines is 1. The Hall–Kier alpha value is -1.22. The van der Waals surface area contributed by atoms with Crippen LogP contribution in [0.4, 0.5) is 5.69 Å². The summed E-state index contributed by atoms with van der Waals surface area (Å²) < 4.78 is 4.53. The largest absolute Gasteiger partial charge is 0.469 e. The number of ether oxygens (including phenoxy) is 1. The van der Waals surface area contributed by atoms with Crippen molar-refractivity contribution < 1.29 is 9.53 Å². The summed E-state index contributed by atoms with van der Waals surface area (Å²) in [5, 5.41) is 3.90. The van der Waals surface area contributed by atoms with Gasteiger partial charge in [-0.05, 0) is 30.7 Å². The third-order valence-corrected chi connectivity index (χ3v) is 2.21. The fourth-order valence-corrected chi connectivity index (χ4v) is 1.26. The van der Waals surface area contributed by atoms with Gasteiger partial charge in [0.25, 0.3) is 0 Å². The molecule has 15 heavy (non-hydrogen) atoms. The number of carbonyl (C=O) groups is 1. The van der Waals surface area contributed by atoms with E-state index in [1.807, 2.05) is 24.3 Å². The molecular weight excluding hydrogens is 214 g/mol. The van der Waals surface area contributed by atoms with Crippen molar-refractivity contribution in [1.82, 2.24) is 0 Å². The van der Waals surface area contributed by atoms with Crippen molar-refractivity contribution in [3.8, 4) is 0 Å². The highest BCUT2D eigenvalue weighted by Crippen LogP contribution is 2.13. The van der Waals surface area contributed by atoms with Crippen LogP contribution >= 0.6 is 11.6 Å². The Labute approximate surface area is 94.4 Å². The van der Waals surface area contributed by atoms with Crippen LogP contribution in [0.1, 0.15) is 12.8 Å². The molecule has 1 rings (SSSR count). The minimum absolute atomic E-state index is 0.173. The zero-order valence-corrected chi connectivity index (χ0v) is 9.38. The number of benzene rings is 1. The first kappa shape index (κ1) is 11.9. The zero-order valence-electron chi connectivity index (χ0n) is 8.63. The van der Waals surface area contributed by atoms with Crippen LogP contribution in [0.3, 0.4) is 0 Å². The standard InChI is InChI=1S/C11H14ClNO2/c1-15-11(14)3-2-8-13-10-6-4-9(12)5-7-10/h4-7,13H,2-3,8H2,1H3. The van der Waals surface area contributed by atoms with Gasteiger partial charge in [-0.2, -0.15) is 0 Å². The first-order valence-electron chi connectivity index (χ1n) is 4.78. The number of hydrogen-bond donors (Lipinski definition) is 1. The summed E-state index contributed by atoms with van der Waals surface area (Å²) in [6, 6.07) is 7.45. The SMILES string of the molecule is COC(=O)CCCNc1ccc(Cl)cc1. The van der Waals surface area contributed by atoms with E-state index in [0.29, 0.717) is 6.42 Å². The van der Waals surface area contributed by atoms with E-state index >= 15 is 0 Å². The van der Waals surface area contributed by atoms with Crippen LogP contribution in [0.5, 0.6) is 0 Å². The van der Waals surface area contributed by atoms with Crippen molar-refractivity contribution in [3.63, 3.8) is 0 Å². The van der Waals surface area contributed by atoms with Crippen molar-refractivity contribution >= 4 is 23.3 Å². The van der Waals surface area contributed by atoms with Crippen molar-refractivity contribution in [1.29, 1.82) is 0 Å². The second-order valence-corrected chi connectivity index (χ2v) is 3.55. The summed E-state index contributed by atoms with van der Waals surface area (Å²) in [4.78, 5) is 10.8. The lowest BCUT2D eigenvalue weighted by Crippen LogP contribution is -2.06. The molecule has 0 spiro atoms. The van der Waals surface area contributed by atoms with Gasteiger partial charge in [0.15, 0.2) is 0 Å². The lowest BCUT2D eigenvalue weighted by molar-refractivity contribution is -0.140. The molecule has 1 aromatic rings. The zero-order chi connectivity index (χ0) is 11.1. The number of rotatable bonds is 5. The fraction of sp³-hybridized carbons (Fsp3) is 0.364. The maximum Gasteiger partial charge on any atom is 0.305 e. The van der Waals surface area contributed by atoms with Gasteiger partial charge in [-0.15, -0.1) is 0 Å². The highest BCUT2D eigenvalue weighted by molar-refractivity contribution is 6.30. The van der Waals surface area contributed by atoms with Crippen LogP contribution in [0.15, 0.2) is 24.3 Å². The molecule has 0 heterocycles. The second kappa shape index (κ2) is 6.30. The van der Waals surface area contributed by atoms with Crippen LogP contribution < -0.4 is 5.32 Å². The Morgan fingerprint density at radius 3 is 2.67 bits per heavy atom. The summed E-state index contributed by atoms with van der Waals surface area (Å²) in [5.41, 5.74) is 1.00. The minimum Gasteiger partial charge on any atom is -0.469 e. The average Bonchev–Trinajstić information content (AvgIpc) is 2.26. The Kier molecular flexibility index (Phi) is 4.98. The van der Waals surface area contributed by atoms with E-state index in [1.165, 1.54) is 7.11 Å². The summed E-state index contributed by atoms with van der Waals surface area (Å²) >= 11 is 5.74. The molecule has 1 aromatic carbocycles. The summed E-state index contributed by atoms with van der Waals surface area (Å²) in [6.45, 7) is 0.747. The van der Waals surface area contributed by atoms with Gasteiger partial charge in [0, 0.05) is 23.7 Å². The topological polar surface area (TPSA) is 38.3 Å². The molecule has 82 valence electrons. The van der Waals surface area contributed by atoms with E-state index in [9.17, 15) is 4.79 Å². The molecule has 0 aliphatic heterocycles. The number of methoxy groups -OCH3 is 1. The Morgan fingerprint density at radius 1 is 1.40 bits per heavy atom. The lowest BCUT2D eigenvalue weighted by Gasteiger charge is -2.05. The quantitative estimate of drug-likeness (QED) is 0.621. The average molecular weight is 228 g/mol. The number of hydrogen-bond acceptors (Lipinski definition) is 3. The summed E-state index contributed by atoms with van der Waals surface area (Å²) in [7, 11) is 1.40. The summed E-state index contributed by atoms with van der Waals surface area (Å²) in [6.07, 6.45) is 1.20. The van der Waals surface area contributed by atoms with Crippen molar-refractivity contribution in [3.05, 3.63) is 29.3 Å². The molecule has 0 amide bonds. The van der Waals surface area contributed by atoms with E-state index in [1.54, 1.807) is 0 Å². The molecule has 0 saturated carbocycles. The molecule has 0 saturated heterocycles. The molecule has 0 aliphatic rings. The highest BCUT2D eigenvalue weighted by atomic mass is 35.5. The predicted molar refractivity (Wildman–Crippen MR) is 61.2 cm³/mol. The highest BCUT2D eigenvalue weighted by Gasteiger charge is 1.98. The predicted octanol–water partition coefficient (Wildman–Crippen LogP) is 2.71. The smallest absolute Gasteiger partial charge is 0.305 e. The molecule has 0 atom stereocenters. The van der Waals surface area contributed by atoms with Gasteiger partial charge < -0.3 is 10.1 Å². The fourth-order valence-electron chi connectivity index (χ4n) is 1.14. The molecule has 0 aromatic heterocycles. The first-order chi connectivity index (χ1) is 7.22. The number of halogens is 1. The van der Waals surface area contributed by atoms with E-state index in [2.05, 4.69) is 10.1 Å². The van der Waals surface area contributed by atoms with Crippen molar-refractivity contribution in [2.24, 2.45) is 0 Å². The van der Waals surface area contributed by atoms with Gasteiger partial charge in [0.05, 0.1) is 7.11 Å². The molecule has 0 unspecified atom stereocenters. The van der Waals surface area contributed by atoms with Gasteiger partial charge in [0.1, 0.15) is 0 Å². The van der Waals surface area contributed by atoms with E-state index in [0.717, 1.165) is 23.7 Å². The maximum atomic E-state index is 10.8. The van der Waals surface area contributed by atoms with Gasteiger partial charge >= 0.3 is 5.97 Å². The van der Waals surface area contributed by atoms with Gasteiger partial charge in [-0.25, -0.2) is 0 Å². The Balaban J connectivity index is 2.20. The van der Waals surface area contributed by atoms with Crippen LogP contribution in [-0.2, 0) is 9.53 Å². The molecule has 1 N–H and O–H groups in total. The van der Waals surface area contributed by atoms with Crippen LogP contribution in [-0.4, -0.2) is 19.6 Å². The maximum absolute atomic E-state index is 10.8. The van der Waals surface area contributed by atoms with E-state index < -0.39 is 0 Å². The molecule has 0 radical (unpaired) electrons. The Bertz CT molecular complexity index is 311. The monoisotopic (exact) mass is 227 g/mol. The van der Waals surface area contributed by atoms with E-state index in [4.69, 9.17) is 11.6 Å². The van der Waals surface area contributed by atoms with Gasteiger partial charge in [-0.3, -0.25) is 4.79 Å². The normalized spacial score (nSPS) is 9.73. The van der Waals surface area contributed by atoms with Crippen LogP contribution in [0.25, 0.3) is 0 Å². The van der Waals surface area contributed by atoms with E-state index in [-0.39, 0.29) is 5.97 Å². The minimum atomic E-state index is -0.173. The van der Waals surface area contributed by atoms with Crippen molar-refractivity contribution in [2.45, 2.75) is 12.8 Å². The molecular formula is C11H14ClNO2. The number of esters is 1. The number of carbonyl (C=O) groups excluding carboxylic acids is 1. The first-order valence-corrected chi connectivity index (χ1v) is 5.16. The third-order valence-electron chi connectivity index (χ3n) is 1.96. The molecule has 0 aliphatic carbocycles. The molecule has 3 nitrogen and oxygen atoms in total. The van der Waals surface area contributed by atoms with Gasteiger partial charge in [0.2, 0.25) is 0 Å². The Morgan fingerprint density at radius 2 is 2.07 bits per heavy atom. The lowest BCUT2D eigenvalue weighted by atomic mass is 10.3.